The molecule has 0 aliphatic rings. The SMILES string of the molecule is CN(C)/C(=C/C=[N+](C)C)c1ccn(C)c1. The lowest BCUT2D eigenvalue weighted by atomic mass is 10.2. The highest BCUT2D eigenvalue weighted by atomic mass is 15.1. The van der Waals surface area contributed by atoms with Crippen LogP contribution >= 0.6 is 0 Å². The minimum Gasteiger partial charge on any atom is -0.377 e. The number of aromatic nitrogens is 1. The summed E-state index contributed by atoms with van der Waals surface area (Å²) in [5, 5.41) is 0. The van der Waals surface area contributed by atoms with Crippen molar-refractivity contribution in [3.63, 3.8) is 0 Å². The minimum absolute atomic E-state index is 1.21. The van der Waals surface area contributed by atoms with Gasteiger partial charge in [-0.05, 0) is 6.07 Å². The maximum absolute atomic E-state index is 2.12. The summed E-state index contributed by atoms with van der Waals surface area (Å²) in [5.74, 6) is 0. The second-order valence-electron chi connectivity index (χ2n) is 4.12. The van der Waals surface area contributed by atoms with Crippen LogP contribution in [-0.2, 0) is 7.05 Å². The van der Waals surface area contributed by atoms with Crippen LogP contribution in [0.25, 0.3) is 5.70 Å². The second kappa shape index (κ2) is 4.82. The first-order valence-electron chi connectivity index (χ1n) is 5.02. The van der Waals surface area contributed by atoms with Crippen molar-refractivity contribution in [2.24, 2.45) is 7.05 Å². The van der Waals surface area contributed by atoms with Crippen LogP contribution in [0.3, 0.4) is 0 Å². The molecule has 1 heterocycles. The van der Waals surface area contributed by atoms with Crippen LogP contribution in [0.5, 0.6) is 0 Å². The number of nitrogens with zero attached hydrogens (tertiary/aromatic N) is 3. The fourth-order valence-corrected chi connectivity index (χ4v) is 1.38. The maximum atomic E-state index is 2.12. The van der Waals surface area contributed by atoms with Crippen molar-refractivity contribution in [1.82, 2.24) is 9.47 Å². The average molecular weight is 206 g/mol. The lowest BCUT2D eigenvalue weighted by Gasteiger charge is -2.14. The zero-order valence-corrected chi connectivity index (χ0v) is 10.2. The van der Waals surface area contributed by atoms with Crippen LogP contribution in [0.1, 0.15) is 5.56 Å². The Hall–Kier alpha value is -1.51. The first-order valence-corrected chi connectivity index (χ1v) is 5.02. The zero-order valence-electron chi connectivity index (χ0n) is 10.2. The van der Waals surface area contributed by atoms with Crippen molar-refractivity contribution < 1.29 is 4.58 Å². The lowest BCUT2D eigenvalue weighted by molar-refractivity contribution is -0.458. The van der Waals surface area contributed by atoms with E-state index >= 15 is 0 Å². The number of hydrogen-bond donors (Lipinski definition) is 0. The molecule has 1 aromatic rings. The molecule has 0 aromatic carbocycles. The van der Waals surface area contributed by atoms with Crippen LogP contribution in [-0.4, -0.2) is 48.4 Å². The van der Waals surface area contributed by atoms with E-state index in [4.69, 9.17) is 0 Å². The number of hydrogen-bond acceptors (Lipinski definition) is 1. The summed E-state index contributed by atoms with van der Waals surface area (Å²) in [4.78, 5) is 2.12. The first kappa shape index (κ1) is 11.6. The molecular formula is C12H20N3+. The Bertz CT molecular complexity index is 379. The van der Waals surface area contributed by atoms with E-state index in [-0.39, 0.29) is 0 Å². The molecule has 0 saturated carbocycles. The highest BCUT2D eigenvalue weighted by molar-refractivity contribution is 5.81. The maximum Gasteiger partial charge on any atom is 0.164 e. The molecule has 0 aliphatic heterocycles. The molecular weight excluding hydrogens is 186 g/mol. The second-order valence-corrected chi connectivity index (χ2v) is 4.12. The summed E-state index contributed by atoms with van der Waals surface area (Å²) >= 11 is 0. The molecule has 15 heavy (non-hydrogen) atoms. The Labute approximate surface area is 91.9 Å². The molecule has 0 spiro atoms. The third-order valence-corrected chi connectivity index (χ3v) is 2.14. The summed E-state index contributed by atoms with van der Waals surface area (Å²) in [6, 6.07) is 2.12. The Morgan fingerprint density at radius 3 is 2.47 bits per heavy atom. The normalized spacial score (nSPS) is 11.4. The zero-order chi connectivity index (χ0) is 11.4. The standard InChI is InChI=1S/C12H20N3/c1-13(2)8-7-12(14(3)4)11-6-9-15(5)10-11/h6-10H,1-5H3/q+1. The van der Waals surface area contributed by atoms with Crippen molar-refractivity contribution in [3.8, 4) is 0 Å². The van der Waals surface area contributed by atoms with E-state index in [1.54, 1.807) is 0 Å². The van der Waals surface area contributed by atoms with Crippen LogP contribution < -0.4 is 0 Å². The van der Waals surface area contributed by atoms with Crippen LogP contribution in [0.4, 0.5) is 0 Å². The molecule has 0 saturated heterocycles. The van der Waals surface area contributed by atoms with Crippen molar-refractivity contribution in [1.29, 1.82) is 0 Å². The predicted octanol–water partition coefficient (Wildman–Crippen LogP) is 1.27. The van der Waals surface area contributed by atoms with Crippen molar-refractivity contribution in [2.45, 2.75) is 0 Å². The largest absolute Gasteiger partial charge is 0.377 e. The smallest absolute Gasteiger partial charge is 0.164 e. The molecule has 0 unspecified atom stereocenters. The van der Waals surface area contributed by atoms with E-state index in [1.165, 1.54) is 11.3 Å². The van der Waals surface area contributed by atoms with Gasteiger partial charge in [-0.2, -0.15) is 0 Å². The van der Waals surface area contributed by atoms with Gasteiger partial charge in [-0.15, -0.1) is 0 Å². The molecule has 0 fully saturated rings. The molecule has 0 N–H and O–H groups in total. The first-order chi connectivity index (χ1) is 7.00. The highest BCUT2D eigenvalue weighted by Gasteiger charge is 2.04. The molecule has 3 heteroatoms. The van der Waals surface area contributed by atoms with Crippen molar-refractivity contribution >= 4 is 11.9 Å². The highest BCUT2D eigenvalue weighted by Crippen LogP contribution is 2.15. The topological polar surface area (TPSA) is 11.2 Å². The van der Waals surface area contributed by atoms with Gasteiger partial charge in [0.2, 0.25) is 0 Å². The van der Waals surface area contributed by atoms with Gasteiger partial charge in [-0.1, -0.05) is 0 Å². The van der Waals surface area contributed by atoms with E-state index in [0.717, 1.165) is 0 Å². The summed E-state index contributed by atoms with van der Waals surface area (Å²) in [6.07, 6.45) is 8.36. The van der Waals surface area contributed by atoms with Gasteiger partial charge in [0.25, 0.3) is 0 Å². The molecule has 3 nitrogen and oxygen atoms in total. The fourth-order valence-electron chi connectivity index (χ4n) is 1.38. The number of rotatable bonds is 3. The van der Waals surface area contributed by atoms with Gasteiger partial charge in [-0.3, -0.25) is 0 Å². The molecule has 0 bridgehead atoms. The van der Waals surface area contributed by atoms with Gasteiger partial charge in [0.05, 0.1) is 5.70 Å². The van der Waals surface area contributed by atoms with Gasteiger partial charge in [-0.25, -0.2) is 4.58 Å². The van der Waals surface area contributed by atoms with E-state index in [1.807, 2.05) is 25.7 Å². The van der Waals surface area contributed by atoms with Gasteiger partial charge in [0, 0.05) is 45.2 Å². The van der Waals surface area contributed by atoms with E-state index in [9.17, 15) is 0 Å². The molecule has 1 aromatic heterocycles. The summed E-state index contributed by atoms with van der Waals surface area (Å²) in [6.45, 7) is 0. The Kier molecular flexibility index (Phi) is 3.72. The quantitative estimate of drug-likeness (QED) is 0.535. The van der Waals surface area contributed by atoms with E-state index < -0.39 is 0 Å². The molecule has 0 amide bonds. The Morgan fingerprint density at radius 1 is 1.40 bits per heavy atom. The Morgan fingerprint density at radius 2 is 2.07 bits per heavy atom. The predicted molar refractivity (Wildman–Crippen MR) is 65.2 cm³/mol. The average Bonchev–Trinajstić information content (AvgIpc) is 2.51. The Balaban J connectivity index is 3.03. The van der Waals surface area contributed by atoms with E-state index in [0.29, 0.717) is 0 Å². The molecule has 0 radical (unpaired) electrons. The molecule has 0 atom stereocenters. The van der Waals surface area contributed by atoms with Crippen LogP contribution in [0, 0.1) is 0 Å². The minimum atomic E-state index is 1.21. The number of aryl methyl sites for hydroxylation is 1. The molecule has 0 aliphatic carbocycles. The van der Waals surface area contributed by atoms with E-state index in [2.05, 4.69) is 54.3 Å². The summed E-state index contributed by atoms with van der Waals surface area (Å²) < 4.78 is 4.09. The van der Waals surface area contributed by atoms with Gasteiger partial charge < -0.3 is 9.47 Å². The number of allylic oxidation sites excluding steroid dienone is 1. The molecule has 82 valence electrons. The summed E-state index contributed by atoms with van der Waals surface area (Å²) in [7, 11) is 10.2. The van der Waals surface area contributed by atoms with Crippen LogP contribution in [0.15, 0.2) is 24.5 Å². The third-order valence-electron chi connectivity index (χ3n) is 2.14. The van der Waals surface area contributed by atoms with Gasteiger partial charge in [0.15, 0.2) is 6.21 Å². The van der Waals surface area contributed by atoms with Crippen molar-refractivity contribution in [3.05, 3.63) is 30.1 Å². The van der Waals surface area contributed by atoms with Crippen LogP contribution in [0.2, 0.25) is 0 Å². The van der Waals surface area contributed by atoms with Gasteiger partial charge in [0.1, 0.15) is 14.1 Å². The lowest BCUT2D eigenvalue weighted by Crippen LogP contribution is -2.10. The third kappa shape index (κ3) is 3.27. The van der Waals surface area contributed by atoms with Crippen molar-refractivity contribution in [2.75, 3.05) is 28.2 Å². The van der Waals surface area contributed by atoms with Gasteiger partial charge >= 0.3 is 0 Å². The summed E-state index contributed by atoms with van der Waals surface area (Å²) in [5.41, 5.74) is 2.45. The fraction of sp³-hybridized carbons (Fsp3) is 0.417. The molecule has 1 rings (SSSR count). The monoisotopic (exact) mass is 206 g/mol.